The molecule has 52 valence electrons. The molecule has 3 heteroatoms. The Morgan fingerprint density at radius 2 is 1.89 bits per heavy atom. The van der Waals surface area contributed by atoms with Crippen LogP contribution >= 0.6 is 0 Å². The van der Waals surface area contributed by atoms with E-state index in [0.717, 1.165) is 0 Å². The molecule has 1 heterocycles. The van der Waals surface area contributed by atoms with Gasteiger partial charge in [0.25, 0.3) is 0 Å². The zero-order valence-corrected chi connectivity index (χ0v) is 5.92. The fourth-order valence-electron chi connectivity index (χ4n) is 0.942. The van der Waals surface area contributed by atoms with Gasteiger partial charge in [0.05, 0.1) is 19.2 Å². The second-order valence-electron chi connectivity index (χ2n) is 2.36. The fourth-order valence-corrected chi connectivity index (χ4v) is 0.942. The highest BCUT2D eigenvalue weighted by atomic mass is 16.5. The van der Waals surface area contributed by atoms with Crippen LogP contribution in [0, 0.1) is 0 Å². The number of methoxy groups -OCH3 is 1. The quantitative estimate of drug-likeness (QED) is 0.454. The Hall–Kier alpha value is -0.730. The van der Waals surface area contributed by atoms with E-state index in [2.05, 4.69) is 4.74 Å². The number of nitrogens with zero attached hydrogens (tertiary/aromatic N) is 1. The first-order valence-electron chi connectivity index (χ1n) is 3.04. The highest BCUT2D eigenvalue weighted by Crippen LogP contribution is 2.27. The molecule has 2 unspecified atom stereocenters. The van der Waals surface area contributed by atoms with Crippen LogP contribution < -0.4 is 0 Å². The van der Waals surface area contributed by atoms with Crippen molar-refractivity contribution >= 4 is 6.09 Å². The minimum Gasteiger partial charge on any atom is -0.453 e. The van der Waals surface area contributed by atoms with Gasteiger partial charge in [0, 0.05) is 0 Å². The number of ether oxygens (including phenoxy) is 1. The van der Waals surface area contributed by atoms with Crippen LogP contribution in [-0.4, -0.2) is 30.2 Å². The summed E-state index contributed by atoms with van der Waals surface area (Å²) in [4.78, 5) is 12.4. The van der Waals surface area contributed by atoms with E-state index in [1.54, 1.807) is 4.90 Å². The maximum Gasteiger partial charge on any atom is 0.410 e. The fraction of sp³-hybridized carbons (Fsp3) is 0.833. The summed E-state index contributed by atoms with van der Waals surface area (Å²) in [7, 11) is 1.40. The van der Waals surface area contributed by atoms with Crippen LogP contribution in [0.1, 0.15) is 13.8 Å². The van der Waals surface area contributed by atoms with Crippen molar-refractivity contribution in [2.45, 2.75) is 25.9 Å². The van der Waals surface area contributed by atoms with Crippen LogP contribution in [0.2, 0.25) is 0 Å². The Morgan fingerprint density at radius 1 is 1.44 bits per heavy atom. The molecule has 0 N–H and O–H groups in total. The van der Waals surface area contributed by atoms with Crippen molar-refractivity contribution in [3.63, 3.8) is 0 Å². The summed E-state index contributed by atoms with van der Waals surface area (Å²) in [6.07, 6.45) is -0.213. The Labute approximate surface area is 54.6 Å². The van der Waals surface area contributed by atoms with Gasteiger partial charge in [0.1, 0.15) is 0 Å². The van der Waals surface area contributed by atoms with Gasteiger partial charge in [-0.25, -0.2) is 4.79 Å². The molecule has 0 bridgehead atoms. The molecule has 1 saturated heterocycles. The highest BCUT2D eigenvalue weighted by molar-refractivity contribution is 5.71. The lowest BCUT2D eigenvalue weighted by Gasteiger charge is -1.97. The molecule has 3 nitrogen and oxygen atoms in total. The molecule has 0 radical (unpaired) electrons. The average Bonchev–Trinajstić information content (AvgIpc) is 2.40. The molecule has 1 rings (SSSR count). The minimum atomic E-state index is -0.213. The molecule has 0 aromatic rings. The zero-order chi connectivity index (χ0) is 7.02. The molecule has 1 amide bonds. The van der Waals surface area contributed by atoms with Crippen LogP contribution in [0.3, 0.4) is 0 Å². The number of hydrogen-bond acceptors (Lipinski definition) is 2. The Kier molecular flexibility index (Phi) is 1.35. The lowest BCUT2D eigenvalue weighted by molar-refractivity contribution is 0.151. The molecule has 2 atom stereocenters. The van der Waals surface area contributed by atoms with Crippen LogP contribution in [0.15, 0.2) is 0 Å². The van der Waals surface area contributed by atoms with Gasteiger partial charge in [-0.3, -0.25) is 4.90 Å². The molecule has 0 aliphatic carbocycles. The lowest BCUT2D eigenvalue weighted by atomic mass is 10.4. The highest BCUT2D eigenvalue weighted by Gasteiger charge is 2.44. The molecule has 0 saturated carbocycles. The van der Waals surface area contributed by atoms with Crippen molar-refractivity contribution in [3.8, 4) is 0 Å². The maximum absolute atomic E-state index is 10.7. The molecule has 0 spiro atoms. The minimum absolute atomic E-state index is 0.213. The molecular formula is C6H11NO2. The van der Waals surface area contributed by atoms with Gasteiger partial charge < -0.3 is 4.74 Å². The third-order valence-electron chi connectivity index (χ3n) is 1.87. The number of hydrogen-bond donors (Lipinski definition) is 0. The Morgan fingerprint density at radius 3 is 2.00 bits per heavy atom. The normalized spacial score (nSPS) is 32.1. The van der Waals surface area contributed by atoms with Crippen LogP contribution in [0.5, 0.6) is 0 Å². The topological polar surface area (TPSA) is 29.3 Å². The summed E-state index contributed by atoms with van der Waals surface area (Å²) in [5, 5.41) is 0. The van der Waals surface area contributed by atoms with Gasteiger partial charge in [0.2, 0.25) is 0 Å². The summed E-state index contributed by atoms with van der Waals surface area (Å²) in [6, 6.07) is 0.745. The van der Waals surface area contributed by atoms with Crippen LogP contribution in [-0.2, 0) is 4.74 Å². The van der Waals surface area contributed by atoms with E-state index in [-0.39, 0.29) is 6.09 Å². The molecule has 1 fully saturated rings. The smallest absolute Gasteiger partial charge is 0.410 e. The zero-order valence-electron chi connectivity index (χ0n) is 5.92. The van der Waals surface area contributed by atoms with Gasteiger partial charge in [-0.15, -0.1) is 0 Å². The van der Waals surface area contributed by atoms with Crippen LogP contribution in [0.4, 0.5) is 4.79 Å². The predicted octanol–water partition coefficient (Wildman–Crippen LogP) is 0.845. The molecular weight excluding hydrogens is 118 g/mol. The van der Waals surface area contributed by atoms with Crippen molar-refractivity contribution in [2.24, 2.45) is 0 Å². The van der Waals surface area contributed by atoms with E-state index in [4.69, 9.17) is 0 Å². The molecule has 1 aliphatic heterocycles. The molecule has 1 aliphatic rings. The number of carbonyl (C=O) groups excluding carboxylic acids is 1. The Bertz CT molecular complexity index is 127. The third kappa shape index (κ3) is 0.866. The number of carbonyl (C=O) groups is 1. The van der Waals surface area contributed by atoms with Crippen molar-refractivity contribution in [2.75, 3.05) is 7.11 Å². The third-order valence-corrected chi connectivity index (χ3v) is 1.87. The lowest BCUT2D eigenvalue weighted by Crippen LogP contribution is -2.12. The van der Waals surface area contributed by atoms with E-state index >= 15 is 0 Å². The first-order valence-corrected chi connectivity index (χ1v) is 3.04. The molecule has 0 aromatic carbocycles. The summed E-state index contributed by atoms with van der Waals surface area (Å²) < 4.78 is 4.50. The van der Waals surface area contributed by atoms with Gasteiger partial charge in [-0.1, -0.05) is 0 Å². The van der Waals surface area contributed by atoms with Crippen molar-refractivity contribution in [3.05, 3.63) is 0 Å². The van der Waals surface area contributed by atoms with Gasteiger partial charge >= 0.3 is 6.09 Å². The number of amides is 1. The van der Waals surface area contributed by atoms with E-state index < -0.39 is 0 Å². The standard InChI is InChI=1S/C6H11NO2/c1-4-5(2)7(4)6(8)9-3/h4-5H,1-3H3. The van der Waals surface area contributed by atoms with Gasteiger partial charge in [-0.2, -0.15) is 0 Å². The summed E-state index contributed by atoms with van der Waals surface area (Å²) in [6.45, 7) is 4.00. The second-order valence-corrected chi connectivity index (χ2v) is 2.36. The van der Waals surface area contributed by atoms with E-state index in [1.165, 1.54) is 7.11 Å². The summed E-state index contributed by atoms with van der Waals surface area (Å²) in [5.41, 5.74) is 0. The number of rotatable bonds is 0. The largest absolute Gasteiger partial charge is 0.453 e. The van der Waals surface area contributed by atoms with Crippen molar-refractivity contribution < 1.29 is 9.53 Å². The van der Waals surface area contributed by atoms with Gasteiger partial charge in [-0.05, 0) is 13.8 Å². The van der Waals surface area contributed by atoms with Crippen molar-refractivity contribution in [1.29, 1.82) is 0 Å². The maximum atomic E-state index is 10.7. The predicted molar refractivity (Wildman–Crippen MR) is 33.2 cm³/mol. The second kappa shape index (κ2) is 1.90. The average molecular weight is 129 g/mol. The Balaban J connectivity index is 2.40. The van der Waals surface area contributed by atoms with Gasteiger partial charge in [0.15, 0.2) is 0 Å². The summed E-state index contributed by atoms with van der Waals surface area (Å²) in [5.74, 6) is 0. The van der Waals surface area contributed by atoms with E-state index in [0.29, 0.717) is 12.1 Å². The first-order chi connectivity index (χ1) is 4.18. The van der Waals surface area contributed by atoms with Crippen molar-refractivity contribution in [1.82, 2.24) is 4.90 Å². The first kappa shape index (κ1) is 6.39. The molecule has 9 heavy (non-hydrogen) atoms. The van der Waals surface area contributed by atoms with E-state index in [1.807, 2.05) is 13.8 Å². The van der Waals surface area contributed by atoms with Crippen LogP contribution in [0.25, 0.3) is 0 Å². The molecule has 0 aromatic heterocycles. The van der Waals surface area contributed by atoms with E-state index in [9.17, 15) is 4.79 Å². The monoisotopic (exact) mass is 129 g/mol. The SMILES string of the molecule is COC(=O)N1C(C)C1C. The summed E-state index contributed by atoms with van der Waals surface area (Å²) >= 11 is 0.